The van der Waals surface area contributed by atoms with E-state index in [1.165, 1.54) is 11.1 Å². The van der Waals surface area contributed by atoms with Crippen LogP contribution in [0, 0.1) is 0 Å². The Hall–Kier alpha value is -2.64. The third kappa shape index (κ3) is 3.11. The van der Waals surface area contributed by atoms with Crippen molar-refractivity contribution in [2.45, 2.75) is 13.1 Å². The zero-order valence-corrected chi connectivity index (χ0v) is 14.5. The Kier molecular flexibility index (Phi) is 3.95. The van der Waals surface area contributed by atoms with Gasteiger partial charge in [0.2, 0.25) is 6.79 Å². The number of nitrogens with zero attached hydrogens (tertiary/aromatic N) is 5. The molecule has 7 nitrogen and oxygen atoms in total. The summed E-state index contributed by atoms with van der Waals surface area (Å²) in [4.78, 5) is 9.26. The molecule has 2 aliphatic rings. The number of aromatic nitrogens is 3. The Bertz CT molecular complexity index is 917. The minimum Gasteiger partial charge on any atom is -0.454 e. The molecule has 0 atom stereocenters. The van der Waals surface area contributed by atoms with Gasteiger partial charge in [0.15, 0.2) is 17.1 Å². The molecule has 2 aromatic heterocycles. The van der Waals surface area contributed by atoms with E-state index >= 15 is 0 Å². The monoisotopic (exact) mass is 351 g/mol. The molecule has 1 fully saturated rings. The molecule has 7 heteroatoms. The van der Waals surface area contributed by atoms with Crippen molar-refractivity contribution < 1.29 is 9.47 Å². The van der Waals surface area contributed by atoms with Gasteiger partial charge in [-0.05, 0) is 35.4 Å². The van der Waals surface area contributed by atoms with E-state index < -0.39 is 0 Å². The lowest BCUT2D eigenvalue weighted by atomic mass is 10.1. The quantitative estimate of drug-likeness (QED) is 0.714. The lowest BCUT2D eigenvalue weighted by Crippen LogP contribution is -2.45. The van der Waals surface area contributed by atoms with Crippen LogP contribution in [0.5, 0.6) is 11.5 Å². The molecule has 0 radical (unpaired) electrons. The summed E-state index contributed by atoms with van der Waals surface area (Å²) in [6.45, 7) is 6.53. The van der Waals surface area contributed by atoms with Crippen molar-refractivity contribution in [1.29, 1.82) is 0 Å². The fourth-order valence-electron chi connectivity index (χ4n) is 3.62. The highest BCUT2D eigenvalue weighted by Gasteiger charge is 2.19. The fraction of sp³-hybridized carbons (Fsp3) is 0.368. The number of pyridine rings is 1. The van der Waals surface area contributed by atoms with Crippen molar-refractivity contribution in [3.63, 3.8) is 0 Å². The molecule has 26 heavy (non-hydrogen) atoms. The third-order valence-electron chi connectivity index (χ3n) is 5.06. The molecule has 0 unspecified atom stereocenters. The van der Waals surface area contributed by atoms with Gasteiger partial charge in [-0.1, -0.05) is 6.07 Å². The Morgan fingerprint density at radius 2 is 1.58 bits per heavy atom. The first-order valence-corrected chi connectivity index (χ1v) is 8.95. The molecule has 0 N–H and O–H groups in total. The van der Waals surface area contributed by atoms with Gasteiger partial charge in [0, 0.05) is 45.5 Å². The van der Waals surface area contributed by atoms with Crippen LogP contribution in [0.15, 0.2) is 42.9 Å². The van der Waals surface area contributed by atoms with E-state index in [2.05, 4.69) is 44.1 Å². The van der Waals surface area contributed by atoms with Crippen molar-refractivity contribution in [2.24, 2.45) is 0 Å². The molecule has 134 valence electrons. The van der Waals surface area contributed by atoms with Crippen LogP contribution >= 0.6 is 0 Å². The summed E-state index contributed by atoms with van der Waals surface area (Å²) >= 11 is 0. The Morgan fingerprint density at radius 3 is 2.38 bits per heavy atom. The van der Waals surface area contributed by atoms with Gasteiger partial charge in [-0.2, -0.15) is 5.10 Å². The Morgan fingerprint density at radius 1 is 0.846 bits per heavy atom. The van der Waals surface area contributed by atoms with Crippen molar-refractivity contribution in [1.82, 2.24) is 24.4 Å². The summed E-state index contributed by atoms with van der Waals surface area (Å²) in [6, 6.07) is 10.5. The maximum Gasteiger partial charge on any atom is 0.231 e. The summed E-state index contributed by atoms with van der Waals surface area (Å²) in [7, 11) is 0. The molecule has 0 saturated carbocycles. The largest absolute Gasteiger partial charge is 0.454 e. The normalized spacial score (nSPS) is 17.8. The average Bonchev–Trinajstić information content (AvgIpc) is 3.31. The number of piperazine rings is 1. The minimum atomic E-state index is 0.331. The molecule has 3 aromatic rings. The maximum absolute atomic E-state index is 5.48. The summed E-state index contributed by atoms with van der Waals surface area (Å²) in [5.74, 6) is 1.72. The van der Waals surface area contributed by atoms with Gasteiger partial charge in [0.25, 0.3) is 0 Å². The van der Waals surface area contributed by atoms with E-state index in [0.29, 0.717) is 6.79 Å². The molecule has 0 spiro atoms. The summed E-state index contributed by atoms with van der Waals surface area (Å²) in [5, 5.41) is 4.15. The topological polar surface area (TPSA) is 55.1 Å². The van der Waals surface area contributed by atoms with E-state index in [4.69, 9.17) is 9.47 Å². The van der Waals surface area contributed by atoms with Crippen LogP contribution in [0.25, 0.3) is 5.65 Å². The highest BCUT2D eigenvalue weighted by atomic mass is 16.7. The number of ether oxygens (including phenoxy) is 2. The number of fused-ring (bicyclic) bond motifs is 2. The van der Waals surface area contributed by atoms with Gasteiger partial charge >= 0.3 is 0 Å². The number of rotatable bonds is 4. The second-order valence-electron chi connectivity index (χ2n) is 6.84. The number of hydrogen-bond acceptors (Lipinski definition) is 6. The molecular formula is C19H21N5O2. The first-order chi connectivity index (χ1) is 12.8. The van der Waals surface area contributed by atoms with Crippen LogP contribution in [0.2, 0.25) is 0 Å². The molecule has 0 aliphatic carbocycles. The first-order valence-electron chi connectivity index (χ1n) is 8.95. The van der Waals surface area contributed by atoms with Crippen LogP contribution in [-0.2, 0) is 13.1 Å². The van der Waals surface area contributed by atoms with Crippen LogP contribution in [0.1, 0.15) is 11.1 Å². The van der Waals surface area contributed by atoms with Crippen molar-refractivity contribution in [3.8, 4) is 11.5 Å². The lowest BCUT2D eigenvalue weighted by Gasteiger charge is -2.34. The zero-order chi connectivity index (χ0) is 17.3. The minimum absolute atomic E-state index is 0.331. The van der Waals surface area contributed by atoms with Crippen molar-refractivity contribution in [3.05, 3.63) is 54.0 Å². The molecule has 0 bridgehead atoms. The summed E-state index contributed by atoms with van der Waals surface area (Å²) < 4.78 is 12.7. The fourth-order valence-corrected chi connectivity index (χ4v) is 3.62. The van der Waals surface area contributed by atoms with E-state index in [9.17, 15) is 0 Å². The van der Waals surface area contributed by atoms with Crippen molar-refractivity contribution >= 4 is 5.65 Å². The zero-order valence-electron chi connectivity index (χ0n) is 14.5. The van der Waals surface area contributed by atoms with Gasteiger partial charge in [-0.25, -0.2) is 9.50 Å². The van der Waals surface area contributed by atoms with Gasteiger partial charge in [0.1, 0.15) is 6.33 Å². The van der Waals surface area contributed by atoms with E-state index in [1.807, 2.05) is 12.3 Å². The van der Waals surface area contributed by atoms with Gasteiger partial charge in [0.05, 0.1) is 0 Å². The first kappa shape index (κ1) is 15.6. The highest BCUT2D eigenvalue weighted by Crippen LogP contribution is 2.32. The van der Waals surface area contributed by atoms with E-state index in [1.54, 1.807) is 10.8 Å². The van der Waals surface area contributed by atoms with Crippen LogP contribution in [0.4, 0.5) is 0 Å². The molecule has 2 aliphatic heterocycles. The highest BCUT2D eigenvalue weighted by molar-refractivity contribution is 5.44. The van der Waals surface area contributed by atoms with Crippen LogP contribution < -0.4 is 9.47 Å². The molecule has 4 heterocycles. The van der Waals surface area contributed by atoms with Crippen LogP contribution in [0.3, 0.4) is 0 Å². The Balaban J connectivity index is 1.17. The Labute approximate surface area is 151 Å². The molecular weight excluding hydrogens is 330 g/mol. The van der Waals surface area contributed by atoms with Gasteiger partial charge in [-0.3, -0.25) is 9.80 Å². The van der Waals surface area contributed by atoms with E-state index in [0.717, 1.165) is 56.4 Å². The lowest BCUT2D eigenvalue weighted by molar-refractivity contribution is 0.122. The van der Waals surface area contributed by atoms with Crippen LogP contribution in [-0.4, -0.2) is 57.4 Å². The van der Waals surface area contributed by atoms with Crippen molar-refractivity contribution in [2.75, 3.05) is 33.0 Å². The molecule has 1 saturated heterocycles. The van der Waals surface area contributed by atoms with E-state index in [-0.39, 0.29) is 0 Å². The molecule has 0 amide bonds. The number of hydrogen-bond donors (Lipinski definition) is 0. The maximum atomic E-state index is 5.48. The smallest absolute Gasteiger partial charge is 0.231 e. The standard InChI is InChI=1S/C19H21N5O2/c1-2-17-18(26-14-25-17)9-15(1)11-22-5-7-23(8-6-22)12-16-3-4-24-19(10-16)20-13-21-24/h1-4,9-10,13H,5-8,11-12,14H2. The SMILES string of the molecule is c1nc2cc(CN3CCN(Cc4ccc5c(c4)OCO5)CC3)ccn2n1. The third-order valence-corrected chi connectivity index (χ3v) is 5.06. The average molecular weight is 351 g/mol. The van der Waals surface area contributed by atoms with Gasteiger partial charge in [-0.15, -0.1) is 0 Å². The second-order valence-corrected chi connectivity index (χ2v) is 6.84. The predicted octanol–water partition coefficient (Wildman–Crippen LogP) is 1.78. The number of benzene rings is 1. The van der Waals surface area contributed by atoms with Gasteiger partial charge < -0.3 is 9.47 Å². The predicted molar refractivity (Wildman–Crippen MR) is 96.1 cm³/mol. The summed E-state index contributed by atoms with van der Waals surface area (Å²) in [5.41, 5.74) is 3.47. The second kappa shape index (κ2) is 6.59. The molecule has 1 aromatic carbocycles. The molecule has 5 rings (SSSR count). The summed E-state index contributed by atoms with van der Waals surface area (Å²) in [6.07, 6.45) is 3.57.